The second kappa shape index (κ2) is 11.9. The maximum Gasteiger partial charge on any atom is 0.161 e. The van der Waals surface area contributed by atoms with Crippen LogP contribution < -0.4 is 0 Å². The van der Waals surface area contributed by atoms with Crippen LogP contribution in [0, 0.1) is 0 Å². The molecular formula is C48H30N2O. The first-order valence-corrected chi connectivity index (χ1v) is 17.2. The van der Waals surface area contributed by atoms with Crippen molar-refractivity contribution in [2.45, 2.75) is 0 Å². The van der Waals surface area contributed by atoms with Crippen LogP contribution in [-0.4, -0.2) is 9.97 Å². The largest absolute Gasteiger partial charge is 0.455 e. The van der Waals surface area contributed by atoms with Crippen molar-refractivity contribution >= 4 is 43.5 Å². The molecule has 3 nitrogen and oxygen atoms in total. The summed E-state index contributed by atoms with van der Waals surface area (Å²) in [4.78, 5) is 10.4. The third-order valence-electron chi connectivity index (χ3n) is 9.89. The molecule has 0 N–H and O–H groups in total. The van der Waals surface area contributed by atoms with Crippen LogP contribution in [0.15, 0.2) is 186 Å². The molecule has 0 spiro atoms. The molecule has 3 heteroatoms. The van der Waals surface area contributed by atoms with Gasteiger partial charge in [-0.15, -0.1) is 0 Å². The highest BCUT2D eigenvalue weighted by Gasteiger charge is 2.21. The lowest BCUT2D eigenvalue weighted by atomic mass is 9.94. The van der Waals surface area contributed by atoms with Gasteiger partial charge < -0.3 is 4.42 Å². The highest BCUT2D eigenvalue weighted by atomic mass is 16.3. The van der Waals surface area contributed by atoms with E-state index < -0.39 is 0 Å². The molecule has 0 amide bonds. The van der Waals surface area contributed by atoms with Gasteiger partial charge in [-0.3, -0.25) is 0 Å². The van der Waals surface area contributed by atoms with Crippen LogP contribution >= 0.6 is 0 Å². The van der Waals surface area contributed by atoms with Gasteiger partial charge in [-0.1, -0.05) is 152 Å². The van der Waals surface area contributed by atoms with Crippen LogP contribution in [0.5, 0.6) is 0 Å². The molecule has 0 radical (unpaired) electrons. The summed E-state index contributed by atoms with van der Waals surface area (Å²) in [6.07, 6.45) is 0. The lowest BCUT2D eigenvalue weighted by Gasteiger charge is -2.12. The van der Waals surface area contributed by atoms with E-state index in [4.69, 9.17) is 14.4 Å². The normalized spacial score (nSPS) is 11.5. The Morgan fingerprint density at radius 2 is 0.902 bits per heavy atom. The zero-order chi connectivity index (χ0) is 33.7. The van der Waals surface area contributed by atoms with Gasteiger partial charge in [-0.05, 0) is 68.6 Å². The van der Waals surface area contributed by atoms with E-state index in [0.29, 0.717) is 5.82 Å². The van der Waals surface area contributed by atoms with Gasteiger partial charge in [0.25, 0.3) is 0 Å². The monoisotopic (exact) mass is 650 g/mol. The van der Waals surface area contributed by atoms with E-state index in [1.165, 1.54) is 21.9 Å². The van der Waals surface area contributed by atoms with Gasteiger partial charge in [-0.25, -0.2) is 9.97 Å². The quantitative estimate of drug-likeness (QED) is 0.186. The fourth-order valence-corrected chi connectivity index (χ4v) is 7.37. The topological polar surface area (TPSA) is 38.9 Å². The van der Waals surface area contributed by atoms with Crippen LogP contribution in [0.3, 0.4) is 0 Å². The summed E-state index contributed by atoms with van der Waals surface area (Å²) in [6.45, 7) is 0. The Balaban J connectivity index is 1.20. The van der Waals surface area contributed by atoms with E-state index in [1.54, 1.807) is 0 Å². The predicted octanol–water partition coefficient (Wildman–Crippen LogP) is 13.0. The molecule has 10 rings (SSSR count). The average Bonchev–Trinajstić information content (AvgIpc) is 3.58. The Morgan fingerprint density at radius 1 is 0.353 bits per heavy atom. The van der Waals surface area contributed by atoms with Crippen molar-refractivity contribution in [2.24, 2.45) is 0 Å². The molecule has 2 heterocycles. The fraction of sp³-hybridized carbons (Fsp3) is 0. The third kappa shape index (κ3) is 5.06. The molecule has 10 aromatic rings. The first kappa shape index (κ1) is 29.1. The van der Waals surface area contributed by atoms with Gasteiger partial charge in [0.2, 0.25) is 0 Å². The SMILES string of the molecule is c1ccc(-c2cc(-c3ccccc3)nc(-c3ccc(-c4ccc(-c5cccc6ccccc56)cc4)c4oc5cc6ccccc6cc5c34)n2)cc1. The van der Waals surface area contributed by atoms with E-state index in [9.17, 15) is 0 Å². The zero-order valence-electron chi connectivity index (χ0n) is 27.6. The molecule has 0 unspecified atom stereocenters. The minimum Gasteiger partial charge on any atom is -0.455 e. The van der Waals surface area contributed by atoms with Crippen LogP contribution in [0.4, 0.5) is 0 Å². The van der Waals surface area contributed by atoms with E-state index in [2.05, 4.69) is 146 Å². The van der Waals surface area contributed by atoms with Gasteiger partial charge in [0.05, 0.1) is 11.4 Å². The van der Waals surface area contributed by atoms with Crippen molar-refractivity contribution in [3.63, 3.8) is 0 Å². The lowest BCUT2D eigenvalue weighted by Crippen LogP contribution is -1.96. The predicted molar refractivity (Wildman–Crippen MR) is 212 cm³/mol. The average molecular weight is 651 g/mol. The smallest absolute Gasteiger partial charge is 0.161 e. The molecular weight excluding hydrogens is 621 g/mol. The summed E-state index contributed by atoms with van der Waals surface area (Å²) in [7, 11) is 0. The van der Waals surface area contributed by atoms with Gasteiger partial charge in [0, 0.05) is 33.0 Å². The van der Waals surface area contributed by atoms with Crippen LogP contribution in [0.25, 0.3) is 99.6 Å². The first-order valence-electron chi connectivity index (χ1n) is 17.2. The maximum atomic E-state index is 6.85. The molecule has 0 atom stereocenters. The lowest BCUT2D eigenvalue weighted by molar-refractivity contribution is 0.670. The first-order chi connectivity index (χ1) is 25.3. The number of nitrogens with zero attached hydrogens (tertiary/aromatic N) is 2. The van der Waals surface area contributed by atoms with E-state index in [0.717, 1.165) is 71.9 Å². The second-order valence-corrected chi connectivity index (χ2v) is 13.0. The summed E-state index contributed by atoms with van der Waals surface area (Å²) in [5.41, 5.74) is 10.9. The molecule has 51 heavy (non-hydrogen) atoms. The van der Waals surface area contributed by atoms with Crippen molar-refractivity contribution in [3.05, 3.63) is 182 Å². The van der Waals surface area contributed by atoms with Crippen molar-refractivity contribution in [1.82, 2.24) is 9.97 Å². The number of fused-ring (bicyclic) bond motifs is 5. The van der Waals surface area contributed by atoms with E-state index in [1.807, 2.05) is 36.4 Å². The number of rotatable bonds is 5. The highest BCUT2D eigenvalue weighted by Crippen LogP contribution is 2.43. The van der Waals surface area contributed by atoms with Gasteiger partial charge >= 0.3 is 0 Å². The zero-order valence-corrected chi connectivity index (χ0v) is 27.6. The van der Waals surface area contributed by atoms with Gasteiger partial charge in [-0.2, -0.15) is 0 Å². The van der Waals surface area contributed by atoms with Gasteiger partial charge in [0.1, 0.15) is 11.2 Å². The summed E-state index contributed by atoms with van der Waals surface area (Å²) >= 11 is 0. The summed E-state index contributed by atoms with van der Waals surface area (Å²) in [6, 6.07) is 63.8. The maximum absolute atomic E-state index is 6.85. The minimum absolute atomic E-state index is 0.661. The van der Waals surface area contributed by atoms with Crippen molar-refractivity contribution in [1.29, 1.82) is 0 Å². The molecule has 0 saturated heterocycles. The molecule has 0 fully saturated rings. The van der Waals surface area contributed by atoms with Crippen LogP contribution in [0.2, 0.25) is 0 Å². The Morgan fingerprint density at radius 3 is 1.59 bits per heavy atom. The number of aromatic nitrogens is 2. The molecule has 0 aliphatic heterocycles. The van der Waals surface area contributed by atoms with Crippen molar-refractivity contribution < 1.29 is 4.42 Å². The highest BCUT2D eigenvalue weighted by molar-refractivity contribution is 6.18. The van der Waals surface area contributed by atoms with Gasteiger partial charge in [0.15, 0.2) is 5.82 Å². The molecule has 0 saturated carbocycles. The number of hydrogen-bond acceptors (Lipinski definition) is 3. The summed E-state index contributed by atoms with van der Waals surface area (Å²) in [5, 5.41) is 6.84. The minimum atomic E-state index is 0.661. The van der Waals surface area contributed by atoms with Crippen molar-refractivity contribution in [3.8, 4) is 56.2 Å². The molecule has 0 aliphatic carbocycles. The number of furan rings is 1. The van der Waals surface area contributed by atoms with Crippen molar-refractivity contribution in [2.75, 3.05) is 0 Å². The standard InChI is InChI=1S/C48H30N2O/c1-3-13-34(14-4-1)43-30-44(35-15-5-2-6-16-35)50-48(49-43)41-27-26-40(47-46(41)42-28-36-17-7-8-18-37(36)29-45(42)51-47)33-24-22-32(23-25-33)39-21-11-19-31-12-9-10-20-38(31)39/h1-30H. The Kier molecular flexibility index (Phi) is 6.81. The molecule has 0 aliphatic rings. The number of hydrogen-bond donors (Lipinski definition) is 0. The Labute approximate surface area is 295 Å². The second-order valence-electron chi connectivity index (χ2n) is 13.0. The molecule has 0 bridgehead atoms. The van der Waals surface area contributed by atoms with Crippen LogP contribution in [0.1, 0.15) is 0 Å². The third-order valence-corrected chi connectivity index (χ3v) is 9.89. The Hall–Kier alpha value is -6.84. The molecule has 238 valence electrons. The molecule has 8 aromatic carbocycles. The van der Waals surface area contributed by atoms with Crippen LogP contribution in [-0.2, 0) is 0 Å². The summed E-state index contributed by atoms with van der Waals surface area (Å²) < 4.78 is 6.85. The molecule has 2 aromatic heterocycles. The number of benzene rings is 8. The Bertz CT molecular complexity index is 2830. The fourth-order valence-electron chi connectivity index (χ4n) is 7.37. The van der Waals surface area contributed by atoms with E-state index >= 15 is 0 Å². The van der Waals surface area contributed by atoms with E-state index in [-0.39, 0.29) is 0 Å². The summed E-state index contributed by atoms with van der Waals surface area (Å²) in [5.74, 6) is 0.661.